The number of furan rings is 2. The fraction of sp³-hybridized carbons (Fsp3) is 0.130. The lowest BCUT2D eigenvalue weighted by Gasteiger charge is -2.06. The molecule has 0 unspecified atom stereocenters. The van der Waals surface area contributed by atoms with Crippen LogP contribution in [0.1, 0.15) is 6.92 Å². The average Bonchev–Trinajstić information content (AvgIpc) is 3.56. The first kappa shape index (κ1) is 20.8. The van der Waals surface area contributed by atoms with Crippen molar-refractivity contribution in [3.63, 3.8) is 0 Å². The fourth-order valence-corrected chi connectivity index (χ4v) is 4.40. The molecule has 4 N–H and O–H groups in total. The quantitative estimate of drug-likeness (QED) is 0.345. The summed E-state index contributed by atoms with van der Waals surface area (Å²) in [6, 6.07) is 15.4. The molecule has 0 aliphatic heterocycles. The summed E-state index contributed by atoms with van der Waals surface area (Å²) in [7, 11) is 0. The number of carbonyl (C=O) groups is 1. The maximum atomic E-state index is 11.2. The molecule has 4 aromatic heterocycles. The highest BCUT2D eigenvalue weighted by atomic mass is 32.2. The largest absolute Gasteiger partial charge is 0.464 e. The molecule has 5 rings (SSSR count). The Morgan fingerprint density at radius 2 is 1.97 bits per heavy atom. The Balaban J connectivity index is 1.71. The summed E-state index contributed by atoms with van der Waals surface area (Å²) in [4.78, 5) is 15.9. The number of thioether (sulfide) groups is 1. The first-order chi connectivity index (χ1) is 16.1. The number of hydrogen-bond acceptors (Lipinski definition) is 8. The molecule has 0 saturated carbocycles. The van der Waals surface area contributed by atoms with Gasteiger partial charge in [-0.1, -0.05) is 42.1 Å². The molecule has 0 bridgehead atoms. The second kappa shape index (κ2) is 8.47. The van der Waals surface area contributed by atoms with Gasteiger partial charge < -0.3 is 20.3 Å². The Bertz CT molecular complexity index is 1440. The zero-order chi connectivity index (χ0) is 22.9. The van der Waals surface area contributed by atoms with Crippen molar-refractivity contribution >= 4 is 34.5 Å². The Labute approximate surface area is 192 Å². The zero-order valence-corrected chi connectivity index (χ0v) is 18.5. The first-order valence-electron chi connectivity index (χ1n) is 10.2. The van der Waals surface area contributed by atoms with E-state index in [2.05, 4.69) is 10.2 Å². The van der Waals surface area contributed by atoms with E-state index in [1.54, 1.807) is 6.26 Å². The second-order valence-corrected chi connectivity index (χ2v) is 8.17. The lowest BCUT2D eigenvalue weighted by atomic mass is 10.0. The number of hydrogen-bond donors (Lipinski definition) is 2. The minimum absolute atomic E-state index is 0.0956. The standard InChI is InChI=1S/C23H20N6O3S/c1-2-29-21(27-28-23(29)33-12-17(24)30)20-19(25)18-14(16-9-6-10-31-16)11-15(26-22(18)32-20)13-7-4-3-5-8-13/h3-11H,2,12,25H2,1H3,(H2,24,30). The number of rotatable bonds is 7. The number of nitrogen functional groups attached to an aromatic ring is 1. The highest BCUT2D eigenvalue weighted by Gasteiger charge is 2.25. The molecule has 0 aliphatic rings. The van der Waals surface area contributed by atoms with Crippen LogP contribution in [0.2, 0.25) is 0 Å². The van der Waals surface area contributed by atoms with Crippen molar-refractivity contribution in [2.45, 2.75) is 18.6 Å². The predicted molar refractivity (Wildman–Crippen MR) is 126 cm³/mol. The summed E-state index contributed by atoms with van der Waals surface area (Å²) in [5.74, 6) is 1.12. The maximum Gasteiger partial charge on any atom is 0.230 e. The topological polar surface area (TPSA) is 139 Å². The molecular weight excluding hydrogens is 440 g/mol. The third-order valence-electron chi connectivity index (χ3n) is 5.13. The molecule has 0 spiro atoms. The van der Waals surface area contributed by atoms with Crippen LogP contribution in [0.5, 0.6) is 0 Å². The SMILES string of the molecule is CCn1c(SCC(N)=O)nnc1-c1oc2nc(-c3ccccc3)cc(-c3ccco3)c2c1N. The predicted octanol–water partition coefficient (Wildman–Crippen LogP) is 4.19. The van der Waals surface area contributed by atoms with Gasteiger partial charge in [0.1, 0.15) is 5.76 Å². The molecule has 10 heteroatoms. The van der Waals surface area contributed by atoms with E-state index in [1.165, 1.54) is 11.8 Å². The lowest BCUT2D eigenvalue weighted by molar-refractivity contribution is -0.115. The molecule has 0 radical (unpaired) electrons. The van der Waals surface area contributed by atoms with Crippen LogP contribution in [-0.4, -0.2) is 31.4 Å². The summed E-state index contributed by atoms with van der Waals surface area (Å²) < 4.78 is 13.7. The van der Waals surface area contributed by atoms with Crippen LogP contribution in [0.3, 0.4) is 0 Å². The molecule has 5 aromatic rings. The molecule has 0 aliphatic carbocycles. The second-order valence-electron chi connectivity index (χ2n) is 7.23. The Kier molecular flexibility index (Phi) is 5.35. The number of carbonyl (C=O) groups excluding carboxylic acids is 1. The number of benzene rings is 1. The summed E-state index contributed by atoms with van der Waals surface area (Å²) in [5.41, 5.74) is 15.0. The van der Waals surface area contributed by atoms with Gasteiger partial charge >= 0.3 is 0 Å². The highest BCUT2D eigenvalue weighted by Crippen LogP contribution is 2.42. The monoisotopic (exact) mass is 460 g/mol. The number of nitrogens with zero attached hydrogens (tertiary/aromatic N) is 4. The number of nitrogens with two attached hydrogens (primary N) is 2. The molecule has 4 heterocycles. The Morgan fingerprint density at radius 3 is 2.67 bits per heavy atom. The summed E-state index contributed by atoms with van der Waals surface area (Å²) >= 11 is 1.21. The van der Waals surface area contributed by atoms with Gasteiger partial charge in [-0.3, -0.25) is 9.36 Å². The molecule has 166 valence electrons. The van der Waals surface area contributed by atoms with Crippen molar-refractivity contribution in [3.05, 3.63) is 54.8 Å². The van der Waals surface area contributed by atoms with Crippen molar-refractivity contribution in [2.75, 3.05) is 11.5 Å². The van der Waals surface area contributed by atoms with Gasteiger partial charge in [0.2, 0.25) is 17.4 Å². The Morgan fingerprint density at radius 1 is 1.15 bits per heavy atom. The van der Waals surface area contributed by atoms with Crippen LogP contribution >= 0.6 is 11.8 Å². The highest BCUT2D eigenvalue weighted by molar-refractivity contribution is 7.99. The summed E-state index contributed by atoms with van der Waals surface area (Å²) in [5, 5.41) is 9.66. The third kappa shape index (κ3) is 3.74. The molecule has 9 nitrogen and oxygen atoms in total. The van der Waals surface area contributed by atoms with Crippen molar-refractivity contribution in [1.29, 1.82) is 0 Å². The fourth-order valence-electron chi connectivity index (χ4n) is 3.65. The maximum absolute atomic E-state index is 11.2. The van der Waals surface area contributed by atoms with Gasteiger partial charge in [0, 0.05) is 17.7 Å². The van der Waals surface area contributed by atoms with Gasteiger partial charge in [-0.15, -0.1) is 10.2 Å². The van der Waals surface area contributed by atoms with Gasteiger partial charge in [-0.25, -0.2) is 4.98 Å². The van der Waals surface area contributed by atoms with E-state index >= 15 is 0 Å². The first-order valence-corrected chi connectivity index (χ1v) is 11.2. The number of pyridine rings is 1. The van der Waals surface area contributed by atoms with E-state index < -0.39 is 5.91 Å². The van der Waals surface area contributed by atoms with Crippen LogP contribution in [0, 0.1) is 0 Å². The van der Waals surface area contributed by atoms with Crippen LogP contribution in [0.25, 0.3) is 45.3 Å². The van der Waals surface area contributed by atoms with E-state index in [4.69, 9.17) is 25.3 Å². The Hall–Kier alpha value is -4.05. The van der Waals surface area contributed by atoms with E-state index in [0.29, 0.717) is 45.8 Å². The lowest BCUT2D eigenvalue weighted by Crippen LogP contribution is -2.13. The van der Waals surface area contributed by atoms with Gasteiger partial charge in [-0.2, -0.15) is 0 Å². The zero-order valence-electron chi connectivity index (χ0n) is 17.7. The number of amides is 1. The van der Waals surface area contributed by atoms with Crippen LogP contribution in [0.15, 0.2) is 68.8 Å². The molecule has 0 fully saturated rings. The average molecular weight is 461 g/mol. The van der Waals surface area contributed by atoms with Crippen LogP contribution in [-0.2, 0) is 11.3 Å². The van der Waals surface area contributed by atoms with Crippen molar-refractivity contribution in [3.8, 4) is 34.2 Å². The number of fused-ring (bicyclic) bond motifs is 1. The number of primary amides is 1. The number of anilines is 1. The van der Waals surface area contributed by atoms with Gasteiger partial charge in [0.25, 0.3) is 0 Å². The number of aromatic nitrogens is 4. The molecule has 0 atom stereocenters. The van der Waals surface area contributed by atoms with Crippen molar-refractivity contribution in [2.24, 2.45) is 5.73 Å². The molecule has 1 amide bonds. The van der Waals surface area contributed by atoms with Crippen molar-refractivity contribution < 1.29 is 13.6 Å². The molecule has 0 saturated heterocycles. The normalized spacial score (nSPS) is 11.3. The molecular formula is C23H20N6O3S. The smallest absolute Gasteiger partial charge is 0.230 e. The van der Waals surface area contributed by atoms with Gasteiger partial charge in [0.05, 0.1) is 28.8 Å². The minimum Gasteiger partial charge on any atom is -0.464 e. The van der Waals surface area contributed by atoms with E-state index in [9.17, 15) is 4.79 Å². The van der Waals surface area contributed by atoms with E-state index in [0.717, 1.165) is 16.8 Å². The van der Waals surface area contributed by atoms with Crippen LogP contribution in [0.4, 0.5) is 5.69 Å². The third-order valence-corrected chi connectivity index (χ3v) is 6.12. The minimum atomic E-state index is -0.434. The molecule has 33 heavy (non-hydrogen) atoms. The summed E-state index contributed by atoms with van der Waals surface area (Å²) in [6.07, 6.45) is 1.61. The van der Waals surface area contributed by atoms with Gasteiger partial charge in [0.15, 0.2) is 10.9 Å². The van der Waals surface area contributed by atoms with Crippen molar-refractivity contribution in [1.82, 2.24) is 19.7 Å². The van der Waals surface area contributed by atoms with Gasteiger partial charge in [-0.05, 0) is 25.1 Å². The van der Waals surface area contributed by atoms with Crippen LogP contribution < -0.4 is 11.5 Å². The van der Waals surface area contributed by atoms with E-state index in [1.807, 2.05) is 60.0 Å². The summed E-state index contributed by atoms with van der Waals surface area (Å²) in [6.45, 7) is 2.49. The molecule has 1 aromatic carbocycles. The van der Waals surface area contributed by atoms with E-state index in [-0.39, 0.29) is 5.75 Å².